The summed E-state index contributed by atoms with van der Waals surface area (Å²) >= 11 is 0. The molecule has 0 aromatic heterocycles. The van der Waals surface area contributed by atoms with Crippen molar-refractivity contribution >= 4 is 18.1 Å². The molecule has 0 aromatic rings. The monoisotopic (exact) mass is 258 g/mol. The molecule has 15 heavy (non-hydrogen) atoms. The summed E-state index contributed by atoms with van der Waals surface area (Å²) in [6.45, 7) is 5.69. The van der Waals surface area contributed by atoms with Crippen LogP contribution >= 0.6 is 0 Å². The Bertz CT molecular complexity index is 154. The van der Waals surface area contributed by atoms with E-state index in [0.717, 1.165) is 0 Å². The number of rotatable bonds is 8. The fraction of sp³-hybridized carbons (Fsp3) is 1.00. The molecule has 0 aliphatic rings. The third-order valence-corrected chi connectivity index (χ3v) is 5.25. The van der Waals surface area contributed by atoms with Crippen LogP contribution in [0, 0.1) is 0 Å². The normalized spacial score (nSPS) is 13.2. The molecule has 0 heterocycles. The molecule has 0 radical (unpaired) electrons. The molecule has 0 fully saturated rings. The highest BCUT2D eigenvalue weighted by Gasteiger charge is 2.53. The van der Waals surface area contributed by atoms with Gasteiger partial charge in [0, 0.05) is 19.8 Å². The van der Waals surface area contributed by atoms with Gasteiger partial charge in [0.05, 0.1) is 0 Å². The summed E-state index contributed by atoms with van der Waals surface area (Å²) in [6, 6.07) is 0. The summed E-state index contributed by atoms with van der Waals surface area (Å²) in [5, 5.41) is 0. The zero-order valence-corrected chi connectivity index (χ0v) is 11.1. The molecule has 0 aliphatic heterocycles. The van der Waals surface area contributed by atoms with E-state index in [-0.39, 0.29) is 19.8 Å². The van der Waals surface area contributed by atoms with Gasteiger partial charge in [-0.25, -0.2) is 0 Å². The van der Waals surface area contributed by atoms with Crippen LogP contribution < -0.4 is 0 Å². The minimum absolute atomic E-state index is 0.219. The summed E-state index contributed by atoms with van der Waals surface area (Å²) in [5.41, 5.74) is 0. The molecule has 3 N–H and O–H groups in total. The van der Waals surface area contributed by atoms with Gasteiger partial charge in [0.2, 0.25) is 0 Å². The van der Waals surface area contributed by atoms with Crippen molar-refractivity contribution < 1.29 is 31.8 Å². The van der Waals surface area contributed by atoms with Gasteiger partial charge in [-0.2, -0.15) is 0 Å². The van der Waals surface area contributed by atoms with Gasteiger partial charge < -0.3 is 31.8 Å². The highest BCUT2D eigenvalue weighted by atomic mass is 28.5. The van der Waals surface area contributed by atoms with Gasteiger partial charge in [0.15, 0.2) is 0 Å². The second-order valence-corrected chi connectivity index (χ2v) is 6.31. The summed E-state index contributed by atoms with van der Waals surface area (Å²) in [7, 11) is -8.34. The zero-order valence-electron chi connectivity index (χ0n) is 9.10. The Kier molecular flexibility index (Phi) is 6.74. The predicted molar refractivity (Wildman–Crippen MR) is 54.1 cm³/mol. The fourth-order valence-electron chi connectivity index (χ4n) is 0.911. The Morgan fingerprint density at radius 2 is 1.13 bits per heavy atom. The van der Waals surface area contributed by atoms with Gasteiger partial charge in [0.25, 0.3) is 0 Å². The van der Waals surface area contributed by atoms with Crippen molar-refractivity contribution in [1.29, 1.82) is 0 Å². The van der Waals surface area contributed by atoms with E-state index in [1.54, 1.807) is 20.8 Å². The van der Waals surface area contributed by atoms with Gasteiger partial charge >= 0.3 is 18.1 Å². The number of hydrogen-bond acceptors (Lipinski definition) is 7. The lowest BCUT2D eigenvalue weighted by molar-refractivity contribution is -0.0276. The zero-order chi connectivity index (χ0) is 11.9. The average Bonchev–Trinajstić information content (AvgIpc) is 2.01. The minimum atomic E-state index is -4.72. The molecule has 0 saturated heterocycles. The van der Waals surface area contributed by atoms with E-state index in [2.05, 4.69) is 4.12 Å². The van der Waals surface area contributed by atoms with E-state index in [1.807, 2.05) is 0 Å². The van der Waals surface area contributed by atoms with Crippen molar-refractivity contribution in [3.8, 4) is 0 Å². The Hall–Kier alpha value is 0.154. The summed E-state index contributed by atoms with van der Waals surface area (Å²) in [6.07, 6.45) is 0. The first kappa shape index (κ1) is 15.2. The van der Waals surface area contributed by atoms with Crippen LogP contribution in [0.2, 0.25) is 0 Å². The molecule has 0 aliphatic carbocycles. The fourth-order valence-corrected chi connectivity index (χ4v) is 4.27. The second-order valence-electron chi connectivity index (χ2n) is 2.47. The molecule has 0 rings (SSSR count). The van der Waals surface area contributed by atoms with E-state index in [4.69, 9.17) is 27.7 Å². The third-order valence-electron chi connectivity index (χ3n) is 1.23. The van der Waals surface area contributed by atoms with E-state index in [1.165, 1.54) is 0 Å². The van der Waals surface area contributed by atoms with E-state index >= 15 is 0 Å². The minimum Gasteiger partial charge on any atom is -0.368 e. The first-order valence-electron chi connectivity index (χ1n) is 4.68. The predicted octanol–water partition coefficient (Wildman–Crippen LogP) is -1.04. The second kappa shape index (κ2) is 6.68. The Balaban J connectivity index is 4.60. The summed E-state index contributed by atoms with van der Waals surface area (Å²) in [4.78, 5) is 26.6. The molecule has 0 unspecified atom stereocenters. The van der Waals surface area contributed by atoms with Crippen LogP contribution in [0.5, 0.6) is 0 Å². The molecule has 0 spiro atoms. The summed E-state index contributed by atoms with van der Waals surface area (Å²) in [5.74, 6) is 0. The van der Waals surface area contributed by atoms with Gasteiger partial charge in [-0.3, -0.25) is 0 Å². The summed E-state index contributed by atoms with van der Waals surface area (Å²) < 4.78 is 20.0. The Morgan fingerprint density at radius 1 is 0.800 bits per heavy atom. The van der Waals surface area contributed by atoms with Crippen LogP contribution in [-0.2, 0) is 17.4 Å². The third kappa shape index (κ3) is 6.34. The SMILES string of the molecule is CCO[Si](OCC)(OCC)O[Si](O)(O)O. The van der Waals surface area contributed by atoms with E-state index < -0.39 is 18.1 Å². The maximum Gasteiger partial charge on any atom is 0.673 e. The lowest BCUT2D eigenvalue weighted by atomic mass is 10.9. The van der Waals surface area contributed by atoms with Crippen LogP contribution in [0.4, 0.5) is 0 Å². The van der Waals surface area contributed by atoms with Gasteiger partial charge in [-0.1, -0.05) is 0 Å². The molecule has 0 saturated carbocycles. The molecule has 9 heteroatoms. The molecule has 0 aromatic carbocycles. The van der Waals surface area contributed by atoms with Gasteiger partial charge in [-0.05, 0) is 20.8 Å². The van der Waals surface area contributed by atoms with Crippen LogP contribution in [0.3, 0.4) is 0 Å². The van der Waals surface area contributed by atoms with Gasteiger partial charge in [0.1, 0.15) is 0 Å². The molecule has 92 valence electrons. The first-order chi connectivity index (χ1) is 6.89. The van der Waals surface area contributed by atoms with E-state index in [0.29, 0.717) is 0 Å². The highest BCUT2D eigenvalue weighted by molar-refractivity contribution is 6.66. The van der Waals surface area contributed by atoms with Crippen molar-refractivity contribution in [1.82, 2.24) is 0 Å². The number of hydrogen-bond donors (Lipinski definition) is 3. The first-order valence-corrected chi connectivity index (χ1v) is 8.06. The molecule has 0 atom stereocenters. The van der Waals surface area contributed by atoms with Gasteiger partial charge in [-0.15, -0.1) is 0 Å². The largest absolute Gasteiger partial charge is 0.673 e. The maximum atomic E-state index is 8.86. The van der Waals surface area contributed by atoms with Crippen LogP contribution in [0.1, 0.15) is 20.8 Å². The van der Waals surface area contributed by atoms with Crippen LogP contribution in [0.25, 0.3) is 0 Å². The highest BCUT2D eigenvalue weighted by Crippen LogP contribution is 2.14. The van der Waals surface area contributed by atoms with Crippen LogP contribution in [-0.4, -0.2) is 52.3 Å². The van der Waals surface area contributed by atoms with E-state index in [9.17, 15) is 0 Å². The topological polar surface area (TPSA) is 97.6 Å². The molecular formula is C6H18O7Si2. The average molecular weight is 258 g/mol. The van der Waals surface area contributed by atoms with Crippen molar-refractivity contribution in [2.24, 2.45) is 0 Å². The Morgan fingerprint density at radius 3 is 1.33 bits per heavy atom. The smallest absolute Gasteiger partial charge is 0.368 e. The molecule has 7 nitrogen and oxygen atoms in total. The van der Waals surface area contributed by atoms with Crippen molar-refractivity contribution in [3.05, 3.63) is 0 Å². The Labute approximate surface area is 91.1 Å². The quantitative estimate of drug-likeness (QED) is 0.478. The molecular weight excluding hydrogens is 240 g/mol. The van der Waals surface area contributed by atoms with Crippen LogP contribution in [0.15, 0.2) is 0 Å². The molecule has 0 bridgehead atoms. The maximum absolute atomic E-state index is 8.86. The molecule has 0 amide bonds. The van der Waals surface area contributed by atoms with Crippen molar-refractivity contribution in [3.63, 3.8) is 0 Å². The lowest BCUT2D eigenvalue weighted by Crippen LogP contribution is -2.58. The lowest BCUT2D eigenvalue weighted by Gasteiger charge is -2.28. The standard InChI is InChI=1S/C6H18O7Si2/c1-4-10-15(11-5-2,12-6-3)13-14(7,8)9/h7-9H,4-6H2,1-3H3. The van der Waals surface area contributed by atoms with Crippen molar-refractivity contribution in [2.75, 3.05) is 19.8 Å². The van der Waals surface area contributed by atoms with Crippen molar-refractivity contribution in [2.45, 2.75) is 20.8 Å².